The fourth-order valence-corrected chi connectivity index (χ4v) is 5.33. The molecule has 0 radical (unpaired) electrons. The summed E-state index contributed by atoms with van der Waals surface area (Å²) in [5, 5.41) is 9.41. The third-order valence-electron chi connectivity index (χ3n) is 6.64. The minimum absolute atomic E-state index is 0.185. The van der Waals surface area contributed by atoms with Crippen LogP contribution in [0.1, 0.15) is 51.9 Å². The molecule has 0 aromatic heterocycles. The summed E-state index contributed by atoms with van der Waals surface area (Å²) in [5.74, 6) is 3.26. The highest BCUT2D eigenvalue weighted by atomic mass is 16.7. The molecule has 0 unspecified atom stereocenters. The normalized spacial score (nSPS) is 40.5. The van der Waals surface area contributed by atoms with Crippen LogP contribution in [0.3, 0.4) is 0 Å². The number of allylic oxidation sites excluding steroid dienone is 2. The summed E-state index contributed by atoms with van der Waals surface area (Å²) in [7, 11) is 1.68. The first kappa shape index (κ1) is 16.0. The predicted molar refractivity (Wildman–Crippen MR) is 85.9 cm³/mol. The molecule has 0 saturated heterocycles. The molecule has 3 aliphatic carbocycles. The smallest absolute Gasteiger partial charge is 0.146 e. The molecule has 3 aliphatic rings. The van der Waals surface area contributed by atoms with Crippen LogP contribution < -0.4 is 0 Å². The fraction of sp³-hybridized carbons (Fsp3) is 0.842. The third-order valence-corrected chi connectivity index (χ3v) is 6.64. The van der Waals surface area contributed by atoms with Crippen molar-refractivity contribution in [2.75, 3.05) is 20.5 Å². The molecule has 22 heavy (non-hydrogen) atoms. The molecule has 0 aromatic rings. The average molecular weight is 303 g/mol. The van der Waals surface area contributed by atoms with Crippen molar-refractivity contribution in [3.8, 4) is 6.07 Å². The third kappa shape index (κ3) is 2.96. The zero-order valence-corrected chi connectivity index (χ0v) is 14.0. The lowest BCUT2D eigenvalue weighted by atomic mass is 9.55. The molecule has 2 fully saturated rings. The minimum Gasteiger partial charge on any atom is -0.359 e. The van der Waals surface area contributed by atoms with Crippen LogP contribution in [0.15, 0.2) is 11.6 Å². The van der Waals surface area contributed by atoms with E-state index in [4.69, 9.17) is 9.47 Å². The molecule has 5 atom stereocenters. The van der Waals surface area contributed by atoms with Gasteiger partial charge in [-0.2, -0.15) is 5.26 Å². The van der Waals surface area contributed by atoms with Gasteiger partial charge in [0.15, 0.2) is 0 Å². The van der Waals surface area contributed by atoms with Crippen LogP contribution in [0.2, 0.25) is 0 Å². The molecule has 0 N–H and O–H groups in total. The number of fused-ring (bicyclic) bond motifs is 2. The van der Waals surface area contributed by atoms with Crippen molar-refractivity contribution in [3.05, 3.63) is 11.6 Å². The van der Waals surface area contributed by atoms with E-state index in [-0.39, 0.29) is 5.41 Å². The maximum Gasteiger partial charge on any atom is 0.146 e. The highest BCUT2D eigenvalue weighted by Crippen LogP contribution is 2.58. The van der Waals surface area contributed by atoms with E-state index < -0.39 is 0 Å². The van der Waals surface area contributed by atoms with Gasteiger partial charge >= 0.3 is 0 Å². The van der Waals surface area contributed by atoms with Crippen molar-refractivity contribution in [3.63, 3.8) is 0 Å². The summed E-state index contributed by atoms with van der Waals surface area (Å²) >= 11 is 0. The Morgan fingerprint density at radius 3 is 2.95 bits per heavy atom. The zero-order valence-electron chi connectivity index (χ0n) is 14.0. The van der Waals surface area contributed by atoms with E-state index in [2.05, 4.69) is 19.1 Å². The number of hydrogen-bond acceptors (Lipinski definition) is 3. The van der Waals surface area contributed by atoms with Gasteiger partial charge in [0.05, 0.1) is 6.07 Å². The van der Waals surface area contributed by atoms with Crippen LogP contribution in [0.25, 0.3) is 0 Å². The van der Waals surface area contributed by atoms with E-state index >= 15 is 0 Å². The van der Waals surface area contributed by atoms with Gasteiger partial charge in [0.2, 0.25) is 0 Å². The van der Waals surface area contributed by atoms with E-state index in [0.717, 1.165) is 36.4 Å². The SMILES string of the molecule is COCOCC[C@H]1CC[C@@H]2C[C@]3(C)C(C#N)=CC[C@H]3C[C@@H]2C1. The van der Waals surface area contributed by atoms with Crippen molar-refractivity contribution >= 4 is 0 Å². The van der Waals surface area contributed by atoms with Gasteiger partial charge in [-0.25, -0.2) is 0 Å². The lowest BCUT2D eigenvalue weighted by Crippen LogP contribution is -2.40. The highest BCUT2D eigenvalue weighted by Gasteiger charge is 2.50. The molecule has 3 rings (SSSR count). The van der Waals surface area contributed by atoms with Gasteiger partial charge in [-0.05, 0) is 62.2 Å². The van der Waals surface area contributed by atoms with Crippen LogP contribution in [0.4, 0.5) is 0 Å². The Hall–Kier alpha value is -0.850. The Balaban J connectivity index is 1.55. The summed E-state index contributed by atoms with van der Waals surface area (Å²) in [6.07, 6.45) is 11.2. The largest absolute Gasteiger partial charge is 0.359 e. The van der Waals surface area contributed by atoms with Gasteiger partial charge in [0.1, 0.15) is 6.79 Å². The summed E-state index contributed by atoms with van der Waals surface area (Å²) in [4.78, 5) is 0. The van der Waals surface area contributed by atoms with Crippen LogP contribution in [0.5, 0.6) is 0 Å². The molecule has 0 heterocycles. The highest BCUT2D eigenvalue weighted by molar-refractivity contribution is 5.35. The maximum atomic E-state index is 9.41. The Labute approximate surface area is 134 Å². The van der Waals surface area contributed by atoms with E-state index in [1.54, 1.807) is 7.11 Å². The number of rotatable bonds is 5. The molecule has 3 nitrogen and oxygen atoms in total. The fourth-order valence-electron chi connectivity index (χ4n) is 5.33. The minimum atomic E-state index is 0.185. The van der Waals surface area contributed by atoms with Crippen LogP contribution >= 0.6 is 0 Å². The molecular weight excluding hydrogens is 274 g/mol. The summed E-state index contributed by atoms with van der Waals surface area (Å²) in [6.45, 7) is 3.60. The summed E-state index contributed by atoms with van der Waals surface area (Å²) < 4.78 is 10.4. The second-order valence-corrected chi connectivity index (χ2v) is 7.82. The molecule has 0 spiro atoms. The van der Waals surface area contributed by atoms with Crippen molar-refractivity contribution < 1.29 is 9.47 Å². The first-order chi connectivity index (χ1) is 10.7. The number of hydrogen-bond donors (Lipinski definition) is 0. The second kappa shape index (κ2) is 6.72. The second-order valence-electron chi connectivity index (χ2n) is 7.82. The first-order valence-corrected chi connectivity index (χ1v) is 8.84. The zero-order chi connectivity index (χ0) is 15.6. The van der Waals surface area contributed by atoms with E-state index in [0.29, 0.717) is 12.7 Å². The van der Waals surface area contributed by atoms with E-state index in [1.807, 2.05) is 0 Å². The monoisotopic (exact) mass is 303 g/mol. The Kier molecular flexibility index (Phi) is 4.90. The molecule has 0 aliphatic heterocycles. The van der Waals surface area contributed by atoms with Gasteiger partial charge in [-0.3, -0.25) is 0 Å². The molecule has 0 amide bonds. The van der Waals surface area contributed by atoms with Gasteiger partial charge in [-0.15, -0.1) is 0 Å². The van der Waals surface area contributed by atoms with Crippen molar-refractivity contribution in [2.45, 2.75) is 51.9 Å². The summed E-state index contributed by atoms with van der Waals surface area (Å²) in [6, 6.07) is 2.48. The predicted octanol–water partition coefficient (Wildman–Crippen LogP) is 4.30. The maximum absolute atomic E-state index is 9.41. The first-order valence-electron chi connectivity index (χ1n) is 8.84. The lowest BCUT2D eigenvalue weighted by molar-refractivity contribution is -0.0400. The molecule has 3 heteroatoms. The van der Waals surface area contributed by atoms with E-state index in [9.17, 15) is 5.26 Å². The van der Waals surface area contributed by atoms with E-state index in [1.165, 1.54) is 38.5 Å². The van der Waals surface area contributed by atoms with Gasteiger partial charge < -0.3 is 9.47 Å². The standard InChI is InChI=1S/C19H29NO2/c1-19-11-15-4-3-14(7-8-22-13-21-2)9-16(15)10-17(19)5-6-18(19)12-20/h6,14-17H,3-5,7-11,13H2,1-2H3/t14-,15-,16+,17+,19+/m1/s1. The number of methoxy groups -OCH3 is 1. The van der Waals surface area contributed by atoms with Gasteiger partial charge in [0, 0.05) is 24.7 Å². The number of ether oxygens (including phenoxy) is 2. The molecule has 122 valence electrons. The Morgan fingerprint density at radius 2 is 2.18 bits per heavy atom. The molecule has 0 bridgehead atoms. The van der Waals surface area contributed by atoms with Crippen LogP contribution in [0, 0.1) is 40.4 Å². The quantitative estimate of drug-likeness (QED) is 0.562. The van der Waals surface area contributed by atoms with Crippen molar-refractivity contribution in [1.82, 2.24) is 0 Å². The molecule has 2 saturated carbocycles. The van der Waals surface area contributed by atoms with Gasteiger partial charge in [0.25, 0.3) is 0 Å². The molecular formula is C19H29NO2. The summed E-state index contributed by atoms with van der Waals surface area (Å²) in [5.41, 5.74) is 1.26. The topological polar surface area (TPSA) is 42.2 Å². The Morgan fingerprint density at radius 1 is 1.32 bits per heavy atom. The van der Waals surface area contributed by atoms with Crippen molar-refractivity contribution in [2.24, 2.45) is 29.1 Å². The Bertz CT molecular complexity index is 467. The van der Waals surface area contributed by atoms with Crippen molar-refractivity contribution in [1.29, 1.82) is 5.26 Å². The van der Waals surface area contributed by atoms with Gasteiger partial charge in [-0.1, -0.05) is 19.4 Å². The van der Waals surface area contributed by atoms with Crippen LogP contribution in [-0.4, -0.2) is 20.5 Å². The molecule has 0 aromatic carbocycles. The van der Waals surface area contributed by atoms with Crippen LogP contribution in [-0.2, 0) is 9.47 Å². The number of nitrogens with zero attached hydrogens (tertiary/aromatic N) is 1. The average Bonchev–Trinajstić information content (AvgIpc) is 2.84. The number of nitriles is 1. The lowest BCUT2D eigenvalue weighted by Gasteiger charge is -2.49.